The number of anilines is 2. The second-order valence-electron chi connectivity index (χ2n) is 9.06. The van der Waals surface area contributed by atoms with Crippen LogP contribution in [-0.4, -0.2) is 45.4 Å². The Balaban J connectivity index is 0.000000377. The number of aliphatic hydroxyl groups is 1. The number of hydrogen-bond donors (Lipinski definition) is 4. The van der Waals surface area contributed by atoms with Crippen LogP contribution in [0.5, 0.6) is 0 Å². The lowest BCUT2D eigenvalue weighted by atomic mass is 10.0. The van der Waals surface area contributed by atoms with Gasteiger partial charge in [-0.1, -0.05) is 61.2 Å². The van der Waals surface area contributed by atoms with E-state index in [4.69, 9.17) is 26.6 Å². The minimum absolute atomic E-state index is 0.103. The van der Waals surface area contributed by atoms with Gasteiger partial charge in [0.1, 0.15) is 11.6 Å². The maximum Gasteiger partial charge on any atom is 0.256 e. The minimum Gasteiger partial charge on any atom is -0.499 e. The van der Waals surface area contributed by atoms with E-state index in [0.29, 0.717) is 23.2 Å². The summed E-state index contributed by atoms with van der Waals surface area (Å²) in [4.78, 5) is 37.4. The number of nitrogen functional groups attached to an aromatic ring is 1. The van der Waals surface area contributed by atoms with E-state index in [1.165, 1.54) is 10.6 Å². The van der Waals surface area contributed by atoms with E-state index in [2.05, 4.69) is 39.5 Å². The van der Waals surface area contributed by atoms with Crippen LogP contribution in [0.4, 0.5) is 11.5 Å². The molecule has 0 bridgehead atoms. The summed E-state index contributed by atoms with van der Waals surface area (Å²) in [5, 5.41) is 21.4. The maximum atomic E-state index is 11.8. The SMILES string of the molecule is CC/C(=C/c1cccc(C#CC/C=C/C=C(\O)C#N)c1C=O)N(C)c1ccccc1.NC(=O)c1c(N)nn2cccnc12.NC=O. The van der Waals surface area contributed by atoms with Gasteiger partial charge in [-0.25, -0.2) is 9.50 Å². The summed E-state index contributed by atoms with van der Waals surface area (Å²) in [7, 11) is 2.01. The molecule has 2 heterocycles. The van der Waals surface area contributed by atoms with Gasteiger partial charge in [-0.05, 0) is 48.4 Å². The molecule has 2 aromatic heterocycles. The van der Waals surface area contributed by atoms with Gasteiger partial charge in [0.25, 0.3) is 5.91 Å². The number of nitrogens with two attached hydrogens (primary N) is 3. The number of nitrogens with zero attached hydrogens (tertiary/aromatic N) is 5. The monoisotopic (exact) mass is 618 g/mol. The lowest BCUT2D eigenvalue weighted by molar-refractivity contribution is -0.106. The number of para-hydroxylation sites is 1. The zero-order chi connectivity index (χ0) is 33.9. The Hall–Kier alpha value is -6.66. The topological polar surface area (TPSA) is 207 Å². The van der Waals surface area contributed by atoms with Crippen LogP contribution in [0.25, 0.3) is 11.7 Å². The molecule has 0 spiro atoms. The Morgan fingerprint density at radius 1 is 1.13 bits per heavy atom. The molecule has 0 aliphatic carbocycles. The van der Waals surface area contributed by atoms with Crippen molar-refractivity contribution in [2.75, 3.05) is 17.7 Å². The molecule has 0 radical (unpaired) electrons. The Morgan fingerprint density at radius 2 is 1.85 bits per heavy atom. The average molecular weight is 619 g/mol. The van der Waals surface area contributed by atoms with Gasteiger partial charge in [-0.3, -0.25) is 14.4 Å². The predicted octanol–water partition coefficient (Wildman–Crippen LogP) is 4.16. The second-order valence-corrected chi connectivity index (χ2v) is 9.06. The number of benzene rings is 2. The van der Waals surface area contributed by atoms with E-state index in [1.54, 1.807) is 36.7 Å². The van der Waals surface area contributed by atoms with Gasteiger partial charge in [-0.15, -0.1) is 5.10 Å². The maximum absolute atomic E-state index is 11.8. The molecule has 0 aliphatic rings. The van der Waals surface area contributed by atoms with Crippen molar-refractivity contribution < 1.29 is 19.5 Å². The van der Waals surface area contributed by atoms with Crippen molar-refractivity contribution in [2.24, 2.45) is 11.5 Å². The van der Waals surface area contributed by atoms with Crippen molar-refractivity contribution in [3.63, 3.8) is 0 Å². The molecule has 2 amide bonds. The molecular formula is C34H34N8O4. The van der Waals surface area contributed by atoms with Crippen LogP contribution >= 0.6 is 0 Å². The fourth-order valence-corrected chi connectivity index (χ4v) is 3.99. The van der Waals surface area contributed by atoms with Gasteiger partial charge >= 0.3 is 0 Å². The van der Waals surface area contributed by atoms with E-state index in [1.807, 2.05) is 61.7 Å². The van der Waals surface area contributed by atoms with E-state index < -0.39 is 5.91 Å². The Labute approximate surface area is 266 Å². The third-order valence-electron chi connectivity index (χ3n) is 6.13. The molecule has 7 N–H and O–H groups in total. The fourth-order valence-electron chi connectivity index (χ4n) is 3.99. The highest BCUT2D eigenvalue weighted by molar-refractivity contribution is 6.03. The Morgan fingerprint density at radius 3 is 2.48 bits per heavy atom. The first-order chi connectivity index (χ1) is 22.2. The normalized spacial score (nSPS) is 10.7. The molecule has 2 aromatic carbocycles. The molecule has 12 nitrogen and oxygen atoms in total. The van der Waals surface area contributed by atoms with Crippen molar-refractivity contribution in [2.45, 2.75) is 19.8 Å². The number of aromatic nitrogens is 3. The van der Waals surface area contributed by atoms with E-state index in [0.717, 1.165) is 29.7 Å². The van der Waals surface area contributed by atoms with Gasteiger partial charge in [-0.2, -0.15) is 5.26 Å². The quantitative estimate of drug-likeness (QED) is 0.0557. The highest BCUT2D eigenvalue weighted by atomic mass is 16.3. The van der Waals surface area contributed by atoms with E-state index >= 15 is 0 Å². The third-order valence-corrected chi connectivity index (χ3v) is 6.13. The van der Waals surface area contributed by atoms with Crippen LogP contribution in [0.15, 0.2) is 96.7 Å². The first-order valence-corrected chi connectivity index (χ1v) is 13.8. The highest BCUT2D eigenvalue weighted by Gasteiger charge is 2.15. The molecule has 46 heavy (non-hydrogen) atoms. The number of aldehydes is 1. The van der Waals surface area contributed by atoms with Crippen molar-refractivity contribution in [1.82, 2.24) is 14.6 Å². The summed E-state index contributed by atoms with van der Waals surface area (Å²) in [5.74, 6) is 5.16. The van der Waals surface area contributed by atoms with Gasteiger partial charge in [0.05, 0.1) is 0 Å². The van der Waals surface area contributed by atoms with Gasteiger partial charge in [0.15, 0.2) is 23.5 Å². The molecule has 12 heteroatoms. The van der Waals surface area contributed by atoms with Crippen LogP contribution in [0.1, 0.15) is 51.6 Å². The highest BCUT2D eigenvalue weighted by Crippen LogP contribution is 2.23. The second kappa shape index (κ2) is 18.8. The summed E-state index contributed by atoms with van der Waals surface area (Å²) in [6.45, 7) is 2.08. The van der Waals surface area contributed by atoms with Gasteiger partial charge < -0.3 is 27.2 Å². The van der Waals surface area contributed by atoms with Crippen molar-refractivity contribution in [1.29, 1.82) is 5.26 Å². The molecule has 0 unspecified atom stereocenters. The largest absolute Gasteiger partial charge is 0.499 e. The number of rotatable bonds is 8. The number of aliphatic hydroxyl groups excluding tert-OH is 1. The summed E-state index contributed by atoms with van der Waals surface area (Å²) >= 11 is 0. The molecule has 4 aromatic rings. The number of amides is 2. The Kier molecular flexibility index (Phi) is 14.5. The number of fused-ring (bicyclic) bond motifs is 1. The summed E-state index contributed by atoms with van der Waals surface area (Å²) in [6, 6.07) is 19.0. The number of carbonyl (C=O) groups is 3. The molecule has 0 saturated heterocycles. The average Bonchev–Trinajstić information content (AvgIpc) is 3.41. The number of hydrogen-bond acceptors (Lipinski definition) is 9. The molecule has 0 aliphatic heterocycles. The smallest absolute Gasteiger partial charge is 0.256 e. The molecule has 0 saturated carbocycles. The zero-order valence-electron chi connectivity index (χ0n) is 25.4. The summed E-state index contributed by atoms with van der Waals surface area (Å²) < 4.78 is 1.41. The zero-order valence-corrected chi connectivity index (χ0v) is 25.4. The first-order valence-electron chi connectivity index (χ1n) is 13.8. The number of carbonyl (C=O) groups excluding carboxylic acids is 3. The van der Waals surface area contributed by atoms with Crippen LogP contribution in [0.2, 0.25) is 0 Å². The van der Waals surface area contributed by atoms with Crippen LogP contribution in [0, 0.1) is 23.2 Å². The third kappa shape index (κ3) is 10.3. The molecule has 234 valence electrons. The summed E-state index contributed by atoms with van der Waals surface area (Å²) in [6.07, 6.45) is 12.2. The van der Waals surface area contributed by atoms with Crippen LogP contribution < -0.4 is 22.1 Å². The Bertz CT molecular complexity index is 1840. The number of primary amides is 2. The van der Waals surface area contributed by atoms with Crippen molar-refractivity contribution in [3.8, 4) is 17.9 Å². The molecule has 0 fully saturated rings. The van der Waals surface area contributed by atoms with E-state index in [-0.39, 0.29) is 23.6 Å². The lowest BCUT2D eigenvalue weighted by Crippen LogP contribution is -2.15. The first kappa shape index (κ1) is 35.5. The predicted molar refractivity (Wildman–Crippen MR) is 178 cm³/mol. The number of allylic oxidation sites excluding steroid dienone is 5. The van der Waals surface area contributed by atoms with Gasteiger partial charge in [0, 0.05) is 48.4 Å². The summed E-state index contributed by atoms with van der Waals surface area (Å²) in [5.41, 5.74) is 19.5. The van der Waals surface area contributed by atoms with Crippen LogP contribution in [0.3, 0.4) is 0 Å². The van der Waals surface area contributed by atoms with Crippen molar-refractivity contribution >= 4 is 41.8 Å². The standard InChI is InChI=1S/C26H24N2O2.C7H7N5O.CH3NO/c1-3-23(28(2)24-15-8-6-9-16-24)18-22-14-11-13-21(26(22)20-29)12-7-4-5-10-17-25(30)19-27;8-5-4(6(9)13)7-10-2-1-3-12(7)11-5;2-1-3/h5-6,8-11,13-18,20,30H,3-4H2,1-2H3;1-3H,(H2,8,11)(H2,9,13);1H,(H2,2,3)/b10-5+,23-18-,25-17-;;. The minimum atomic E-state index is -0.619. The molecule has 4 rings (SSSR count). The molecule has 0 atom stereocenters. The lowest BCUT2D eigenvalue weighted by Gasteiger charge is -2.22. The fraction of sp³-hybridized carbons (Fsp3) is 0.118. The number of nitriles is 1. The van der Waals surface area contributed by atoms with Crippen LogP contribution in [-0.2, 0) is 4.79 Å². The van der Waals surface area contributed by atoms with Crippen molar-refractivity contribution in [3.05, 3.63) is 119 Å². The molecular weight excluding hydrogens is 584 g/mol. The van der Waals surface area contributed by atoms with E-state index in [9.17, 15) is 9.59 Å². The van der Waals surface area contributed by atoms with Gasteiger partial charge in [0.2, 0.25) is 6.41 Å².